The van der Waals surface area contributed by atoms with Crippen LogP contribution in [0.1, 0.15) is 28.9 Å². The fourth-order valence-corrected chi connectivity index (χ4v) is 5.29. The molecule has 1 fully saturated rings. The largest absolute Gasteiger partial charge is 0.357 e. The molecule has 0 bridgehead atoms. The molecule has 24 heavy (non-hydrogen) atoms. The molecular weight excluding hydrogens is 459 g/mol. The fraction of sp³-hybridized carbons (Fsp3) is 0.733. The molecule has 138 valence electrons. The lowest BCUT2D eigenvalue weighted by molar-refractivity contribution is 0.589. The average Bonchev–Trinajstić information content (AvgIpc) is 2.98. The van der Waals surface area contributed by atoms with Gasteiger partial charge in [0.05, 0.1) is 22.2 Å². The van der Waals surface area contributed by atoms with E-state index in [1.807, 2.05) is 13.8 Å². The highest BCUT2D eigenvalue weighted by Gasteiger charge is 2.27. The van der Waals surface area contributed by atoms with Gasteiger partial charge in [0.2, 0.25) is 0 Å². The minimum absolute atomic E-state index is 0. The number of hydrogen-bond donors (Lipinski definition) is 2. The van der Waals surface area contributed by atoms with Crippen LogP contribution < -0.4 is 10.6 Å². The van der Waals surface area contributed by atoms with Crippen molar-refractivity contribution < 1.29 is 8.42 Å². The summed E-state index contributed by atoms with van der Waals surface area (Å²) in [6, 6.07) is 0. The second-order valence-electron chi connectivity index (χ2n) is 5.91. The maximum Gasteiger partial charge on any atom is 0.191 e. The summed E-state index contributed by atoms with van der Waals surface area (Å²) < 4.78 is 23.0. The van der Waals surface area contributed by atoms with E-state index in [9.17, 15) is 8.42 Å². The molecule has 0 aromatic carbocycles. The van der Waals surface area contributed by atoms with Gasteiger partial charge >= 0.3 is 0 Å². The first-order valence-corrected chi connectivity index (χ1v) is 10.7. The van der Waals surface area contributed by atoms with E-state index in [0.717, 1.165) is 42.6 Å². The predicted octanol–water partition coefficient (Wildman–Crippen LogP) is 1.91. The van der Waals surface area contributed by atoms with Gasteiger partial charge in [0.15, 0.2) is 15.8 Å². The molecule has 2 heterocycles. The normalized spacial score (nSPS) is 19.8. The molecular formula is C15H27IN4O2S2. The molecule has 1 saturated heterocycles. The SMILES string of the molecule is CCNC(=NCC1CCS(=O)(=O)C1)NCCc1nc(C)c(C)s1.I. The van der Waals surface area contributed by atoms with Crippen molar-refractivity contribution in [1.82, 2.24) is 15.6 Å². The van der Waals surface area contributed by atoms with Crippen LogP contribution in [0.3, 0.4) is 0 Å². The van der Waals surface area contributed by atoms with Crippen molar-refractivity contribution in [3.05, 3.63) is 15.6 Å². The van der Waals surface area contributed by atoms with Gasteiger partial charge in [0.25, 0.3) is 0 Å². The third-order valence-corrected chi connectivity index (χ3v) is 6.85. The molecule has 0 radical (unpaired) electrons. The van der Waals surface area contributed by atoms with Crippen molar-refractivity contribution in [1.29, 1.82) is 0 Å². The number of nitrogens with one attached hydrogen (secondary N) is 2. The molecule has 2 rings (SSSR count). The molecule has 6 nitrogen and oxygen atoms in total. The molecule has 1 aliphatic heterocycles. The Morgan fingerprint density at radius 1 is 1.38 bits per heavy atom. The molecule has 1 atom stereocenters. The summed E-state index contributed by atoms with van der Waals surface area (Å²) in [6.07, 6.45) is 1.59. The molecule has 0 aliphatic carbocycles. The van der Waals surface area contributed by atoms with E-state index < -0.39 is 9.84 Å². The van der Waals surface area contributed by atoms with Crippen LogP contribution in [-0.4, -0.2) is 50.5 Å². The number of halogens is 1. The first-order valence-electron chi connectivity index (χ1n) is 8.05. The zero-order valence-corrected chi connectivity index (χ0v) is 18.4. The Kier molecular flexibility index (Phi) is 8.93. The second-order valence-corrected chi connectivity index (χ2v) is 9.43. The van der Waals surface area contributed by atoms with E-state index >= 15 is 0 Å². The van der Waals surface area contributed by atoms with Crippen molar-refractivity contribution in [2.24, 2.45) is 10.9 Å². The number of guanidine groups is 1. The molecule has 1 unspecified atom stereocenters. The lowest BCUT2D eigenvalue weighted by Gasteiger charge is -2.12. The number of hydrogen-bond acceptors (Lipinski definition) is 5. The van der Waals surface area contributed by atoms with E-state index in [1.54, 1.807) is 11.3 Å². The van der Waals surface area contributed by atoms with Gasteiger partial charge < -0.3 is 10.6 Å². The van der Waals surface area contributed by atoms with E-state index in [2.05, 4.69) is 27.5 Å². The highest BCUT2D eigenvalue weighted by Crippen LogP contribution is 2.18. The molecule has 0 spiro atoms. The zero-order valence-electron chi connectivity index (χ0n) is 14.5. The highest BCUT2D eigenvalue weighted by atomic mass is 127. The summed E-state index contributed by atoms with van der Waals surface area (Å²) in [5, 5.41) is 7.63. The van der Waals surface area contributed by atoms with Gasteiger partial charge in [-0.15, -0.1) is 35.3 Å². The molecule has 0 amide bonds. The summed E-state index contributed by atoms with van der Waals surface area (Å²) in [4.78, 5) is 10.3. The number of rotatable bonds is 6. The predicted molar refractivity (Wildman–Crippen MR) is 111 cm³/mol. The van der Waals surface area contributed by atoms with Crippen LogP contribution in [0, 0.1) is 19.8 Å². The summed E-state index contributed by atoms with van der Waals surface area (Å²) in [6.45, 7) is 8.25. The van der Waals surface area contributed by atoms with Gasteiger partial charge in [-0.2, -0.15) is 0 Å². The molecule has 2 N–H and O–H groups in total. The molecule has 1 aromatic rings. The second kappa shape index (κ2) is 9.91. The van der Waals surface area contributed by atoms with Gasteiger partial charge in [-0.05, 0) is 33.1 Å². The van der Waals surface area contributed by atoms with E-state index in [0.29, 0.717) is 12.3 Å². The minimum Gasteiger partial charge on any atom is -0.357 e. The Morgan fingerprint density at radius 3 is 2.67 bits per heavy atom. The Morgan fingerprint density at radius 2 is 2.12 bits per heavy atom. The van der Waals surface area contributed by atoms with Crippen molar-refractivity contribution in [2.75, 3.05) is 31.1 Å². The number of thiazole rings is 1. The summed E-state index contributed by atoms with van der Waals surface area (Å²) >= 11 is 1.73. The van der Waals surface area contributed by atoms with Crippen molar-refractivity contribution in [2.45, 2.75) is 33.6 Å². The van der Waals surface area contributed by atoms with Gasteiger partial charge in [-0.3, -0.25) is 4.99 Å². The third-order valence-electron chi connectivity index (χ3n) is 3.88. The lowest BCUT2D eigenvalue weighted by Crippen LogP contribution is -2.38. The van der Waals surface area contributed by atoms with Gasteiger partial charge in [-0.1, -0.05) is 0 Å². The topological polar surface area (TPSA) is 83.5 Å². The quantitative estimate of drug-likeness (QED) is 0.365. The first-order chi connectivity index (χ1) is 10.9. The van der Waals surface area contributed by atoms with Crippen LogP contribution in [0.2, 0.25) is 0 Å². The standard InChI is InChI=1S/C15H26N4O2S2.HI/c1-4-16-15(18-9-13-6-8-23(20,21)10-13)17-7-5-14-19-11(2)12(3)22-14;/h13H,4-10H2,1-3H3,(H2,16,17,18);1H. The van der Waals surface area contributed by atoms with Gasteiger partial charge in [0.1, 0.15) is 0 Å². The van der Waals surface area contributed by atoms with Crippen LogP contribution in [0.15, 0.2) is 4.99 Å². The van der Waals surface area contributed by atoms with Crippen molar-refractivity contribution in [3.8, 4) is 0 Å². The van der Waals surface area contributed by atoms with Crippen molar-refractivity contribution >= 4 is 51.1 Å². The number of nitrogens with zero attached hydrogens (tertiary/aromatic N) is 2. The van der Waals surface area contributed by atoms with E-state index in [-0.39, 0.29) is 35.6 Å². The van der Waals surface area contributed by atoms with Crippen molar-refractivity contribution in [3.63, 3.8) is 0 Å². The third kappa shape index (κ3) is 6.83. The number of aryl methyl sites for hydroxylation is 2. The van der Waals surface area contributed by atoms with Crippen LogP contribution >= 0.6 is 35.3 Å². The zero-order chi connectivity index (χ0) is 16.9. The maximum absolute atomic E-state index is 11.5. The molecule has 9 heteroatoms. The number of sulfone groups is 1. The molecule has 1 aliphatic rings. The van der Waals surface area contributed by atoms with Gasteiger partial charge in [0, 0.05) is 30.9 Å². The van der Waals surface area contributed by atoms with E-state index in [4.69, 9.17) is 0 Å². The van der Waals surface area contributed by atoms with Crippen LogP contribution in [0.25, 0.3) is 0 Å². The Balaban J connectivity index is 0.00000288. The minimum atomic E-state index is -2.83. The first kappa shape index (κ1) is 21.6. The average molecular weight is 486 g/mol. The fourth-order valence-electron chi connectivity index (χ4n) is 2.51. The molecule has 0 saturated carbocycles. The Hall–Kier alpha value is -0.420. The number of aromatic nitrogens is 1. The summed E-state index contributed by atoms with van der Waals surface area (Å²) in [5.74, 6) is 1.48. The van der Waals surface area contributed by atoms with E-state index in [1.165, 1.54) is 4.88 Å². The highest BCUT2D eigenvalue weighted by molar-refractivity contribution is 14.0. The monoisotopic (exact) mass is 486 g/mol. The number of aliphatic imine (C=N–C) groups is 1. The maximum atomic E-state index is 11.5. The Bertz CT molecular complexity index is 639. The summed E-state index contributed by atoms with van der Waals surface area (Å²) in [7, 11) is -2.83. The van der Waals surface area contributed by atoms with Crippen LogP contribution in [0.4, 0.5) is 0 Å². The van der Waals surface area contributed by atoms with Crippen LogP contribution in [-0.2, 0) is 16.3 Å². The Labute approximate surface area is 165 Å². The van der Waals surface area contributed by atoms with Gasteiger partial charge in [-0.25, -0.2) is 13.4 Å². The summed E-state index contributed by atoms with van der Waals surface area (Å²) in [5.41, 5.74) is 1.10. The van der Waals surface area contributed by atoms with Crippen LogP contribution in [0.5, 0.6) is 0 Å². The molecule has 1 aromatic heterocycles. The lowest BCUT2D eigenvalue weighted by atomic mass is 10.1. The smallest absolute Gasteiger partial charge is 0.191 e.